The lowest BCUT2D eigenvalue weighted by Crippen LogP contribution is -2.35. The SMILES string of the molecule is O=C(c1coc(CN2CCOCC2)c1)N1CC=C(c2ccccc2)CC1. The van der Waals surface area contributed by atoms with Gasteiger partial charge in [-0.1, -0.05) is 36.4 Å². The molecule has 5 heteroatoms. The van der Waals surface area contributed by atoms with Crippen LogP contribution in [0.5, 0.6) is 0 Å². The molecule has 0 bridgehead atoms. The van der Waals surface area contributed by atoms with Gasteiger partial charge in [0.2, 0.25) is 0 Å². The standard InChI is InChI=1S/C21H24N2O3/c24-21(19-14-20(26-16-19)15-22-10-12-25-13-11-22)23-8-6-18(7-9-23)17-4-2-1-3-5-17/h1-6,14,16H,7-13,15H2. The zero-order valence-corrected chi connectivity index (χ0v) is 14.9. The first kappa shape index (κ1) is 17.1. The van der Waals surface area contributed by atoms with Crippen molar-refractivity contribution in [1.29, 1.82) is 0 Å². The zero-order valence-electron chi connectivity index (χ0n) is 14.9. The molecule has 2 aliphatic rings. The fourth-order valence-electron chi connectivity index (χ4n) is 3.51. The van der Waals surface area contributed by atoms with E-state index < -0.39 is 0 Å². The second-order valence-electron chi connectivity index (χ2n) is 6.79. The van der Waals surface area contributed by atoms with Gasteiger partial charge in [0.05, 0.1) is 25.3 Å². The van der Waals surface area contributed by atoms with Gasteiger partial charge in [0.25, 0.3) is 5.91 Å². The molecule has 4 rings (SSSR count). The minimum atomic E-state index is 0.0466. The highest BCUT2D eigenvalue weighted by Crippen LogP contribution is 2.23. The molecule has 5 nitrogen and oxygen atoms in total. The maximum absolute atomic E-state index is 12.8. The van der Waals surface area contributed by atoms with Crippen molar-refractivity contribution in [2.45, 2.75) is 13.0 Å². The van der Waals surface area contributed by atoms with Gasteiger partial charge in [0.15, 0.2) is 0 Å². The number of hydrogen-bond donors (Lipinski definition) is 0. The molecular formula is C21H24N2O3. The predicted molar refractivity (Wildman–Crippen MR) is 99.7 cm³/mol. The molecule has 0 saturated carbocycles. The average molecular weight is 352 g/mol. The molecule has 1 aromatic carbocycles. The number of carbonyl (C=O) groups is 1. The highest BCUT2D eigenvalue weighted by Gasteiger charge is 2.21. The molecule has 3 heterocycles. The van der Waals surface area contributed by atoms with Gasteiger partial charge in [-0.15, -0.1) is 0 Å². The minimum absolute atomic E-state index is 0.0466. The van der Waals surface area contributed by atoms with Crippen LogP contribution in [0.15, 0.2) is 53.2 Å². The molecule has 136 valence electrons. The van der Waals surface area contributed by atoms with Crippen LogP contribution in [0.2, 0.25) is 0 Å². The van der Waals surface area contributed by atoms with Crippen LogP contribution in [0.4, 0.5) is 0 Å². The van der Waals surface area contributed by atoms with Crippen molar-refractivity contribution < 1.29 is 13.9 Å². The Morgan fingerprint density at radius 2 is 1.88 bits per heavy atom. The lowest BCUT2D eigenvalue weighted by atomic mass is 9.99. The second kappa shape index (κ2) is 7.89. The van der Waals surface area contributed by atoms with Crippen molar-refractivity contribution in [1.82, 2.24) is 9.80 Å². The van der Waals surface area contributed by atoms with Crippen LogP contribution in [0.3, 0.4) is 0 Å². The zero-order chi connectivity index (χ0) is 17.8. The lowest BCUT2D eigenvalue weighted by Gasteiger charge is -2.26. The molecule has 2 aliphatic heterocycles. The highest BCUT2D eigenvalue weighted by atomic mass is 16.5. The lowest BCUT2D eigenvalue weighted by molar-refractivity contribution is 0.0313. The fraction of sp³-hybridized carbons (Fsp3) is 0.381. The number of carbonyl (C=O) groups excluding carboxylic acids is 1. The number of ether oxygens (including phenoxy) is 1. The van der Waals surface area contributed by atoms with Gasteiger partial charge >= 0.3 is 0 Å². The van der Waals surface area contributed by atoms with Gasteiger partial charge in [-0.25, -0.2) is 0 Å². The first-order valence-corrected chi connectivity index (χ1v) is 9.21. The summed E-state index contributed by atoms with van der Waals surface area (Å²) in [6.45, 7) is 5.45. The largest absolute Gasteiger partial charge is 0.467 e. The summed E-state index contributed by atoms with van der Waals surface area (Å²) in [4.78, 5) is 16.9. The van der Waals surface area contributed by atoms with Crippen LogP contribution in [0.1, 0.15) is 28.1 Å². The third-order valence-electron chi connectivity index (χ3n) is 5.02. The van der Waals surface area contributed by atoms with Crippen molar-refractivity contribution in [3.05, 3.63) is 65.6 Å². The van der Waals surface area contributed by atoms with E-state index in [4.69, 9.17) is 9.15 Å². The molecule has 1 aromatic heterocycles. The Bertz CT molecular complexity index is 776. The van der Waals surface area contributed by atoms with E-state index in [0.29, 0.717) is 12.1 Å². The second-order valence-corrected chi connectivity index (χ2v) is 6.79. The number of benzene rings is 1. The van der Waals surface area contributed by atoms with Crippen LogP contribution >= 0.6 is 0 Å². The number of hydrogen-bond acceptors (Lipinski definition) is 4. The Kier molecular flexibility index (Phi) is 5.18. The van der Waals surface area contributed by atoms with Crippen molar-refractivity contribution in [2.24, 2.45) is 0 Å². The molecule has 0 radical (unpaired) electrons. The van der Waals surface area contributed by atoms with E-state index in [2.05, 4.69) is 35.2 Å². The average Bonchev–Trinajstić information content (AvgIpc) is 3.17. The van der Waals surface area contributed by atoms with Gasteiger partial charge in [-0.2, -0.15) is 0 Å². The predicted octanol–water partition coefficient (Wildman–Crippen LogP) is 3.04. The Hall–Kier alpha value is -2.37. The number of nitrogens with zero attached hydrogens (tertiary/aromatic N) is 2. The summed E-state index contributed by atoms with van der Waals surface area (Å²) in [5.41, 5.74) is 3.20. The highest BCUT2D eigenvalue weighted by molar-refractivity contribution is 5.94. The Morgan fingerprint density at radius 1 is 1.08 bits per heavy atom. The monoisotopic (exact) mass is 352 g/mol. The van der Waals surface area contributed by atoms with Crippen molar-refractivity contribution in [3.8, 4) is 0 Å². The molecule has 0 aliphatic carbocycles. The molecule has 2 aromatic rings. The fourth-order valence-corrected chi connectivity index (χ4v) is 3.51. The third kappa shape index (κ3) is 3.89. The summed E-state index contributed by atoms with van der Waals surface area (Å²) in [6, 6.07) is 12.3. The quantitative estimate of drug-likeness (QED) is 0.848. The molecular weight excluding hydrogens is 328 g/mol. The number of furan rings is 1. The summed E-state index contributed by atoms with van der Waals surface area (Å²) in [7, 11) is 0. The van der Waals surface area contributed by atoms with Crippen molar-refractivity contribution in [3.63, 3.8) is 0 Å². The first-order chi connectivity index (χ1) is 12.8. The van der Waals surface area contributed by atoms with Gasteiger partial charge in [-0.05, 0) is 23.6 Å². The van der Waals surface area contributed by atoms with Gasteiger partial charge < -0.3 is 14.1 Å². The molecule has 1 saturated heterocycles. The van der Waals surface area contributed by atoms with Crippen LogP contribution in [-0.4, -0.2) is 55.1 Å². The summed E-state index contributed by atoms with van der Waals surface area (Å²) < 4.78 is 11.0. The van der Waals surface area contributed by atoms with Crippen molar-refractivity contribution in [2.75, 3.05) is 39.4 Å². The van der Waals surface area contributed by atoms with Gasteiger partial charge in [-0.3, -0.25) is 9.69 Å². The maximum Gasteiger partial charge on any atom is 0.257 e. The van der Waals surface area contributed by atoms with Crippen LogP contribution in [0.25, 0.3) is 5.57 Å². The van der Waals surface area contributed by atoms with Crippen molar-refractivity contribution >= 4 is 11.5 Å². The summed E-state index contributed by atoms with van der Waals surface area (Å²) in [5, 5.41) is 0. The molecule has 26 heavy (non-hydrogen) atoms. The Morgan fingerprint density at radius 3 is 2.62 bits per heavy atom. The molecule has 0 N–H and O–H groups in total. The van der Waals surface area contributed by atoms with E-state index in [0.717, 1.165) is 51.6 Å². The first-order valence-electron chi connectivity index (χ1n) is 9.21. The van der Waals surface area contributed by atoms with E-state index in [1.54, 1.807) is 6.26 Å². The van der Waals surface area contributed by atoms with Gasteiger partial charge in [0.1, 0.15) is 12.0 Å². The third-order valence-corrected chi connectivity index (χ3v) is 5.02. The Balaban J connectivity index is 1.37. The van der Waals surface area contributed by atoms with E-state index in [9.17, 15) is 4.79 Å². The molecule has 1 fully saturated rings. The van der Waals surface area contributed by atoms with Crippen LogP contribution < -0.4 is 0 Å². The van der Waals surface area contributed by atoms with E-state index in [1.165, 1.54) is 11.1 Å². The number of rotatable bonds is 4. The van der Waals surface area contributed by atoms with Crippen LogP contribution in [-0.2, 0) is 11.3 Å². The Labute approximate surface area is 153 Å². The number of amides is 1. The van der Waals surface area contributed by atoms with E-state index >= 15 is 0 Å². The molecule has 0 unspecified atom stereocenters. The summed E-state index contributed by atoms with van der Waals surface area (Å²) >= 11 is 0. The minimum Gasteiger partial charge on any atom is -0.467 e. The molecule has 0 atom stereocenters. The maximum atomic E-state index is 12.8. The summed E-state index contributed by atoms with van der Waals surface area (Å²) in [6.07, 6.45) is 4.63. The molecule has 1 amide bonds. The summed E-state index contributed by atoms with van der Waals surface area (Å²) in [5.74, 6) is 0.887. The normalized spacial score (nSPS) is 18.6. The van der Waals surface area contributed by atoms with Crippen LogP contribution in [0, 0.1) is 0 Å². The molecule has 0 spiro atoms. The van der Waals surface area contributed by atoms with E-state index in [-0.39, 0.29) is 5.91 Å². The van der Waals surface area contributed by atoms with Gasteiger partial charge in [0, 0.05) is 26.2 Å². The van der Waals surface area contributed by atoms with E-state index in [1.807, 2.05) is 17.0 Å². The topological polar surface area (TPSA) is 45.9 Å². The smallest absolute Gasteiger partial charge is 0.257 e. The number of morpholine rings is 1.